The van der Waals surface area contributed by atoms with Gasteiger partial charge in [-0.1, -0.05) is 6.92 Å². The van der Waals surface area contributed by atoms with Gasteiger partial charge in [0, 0.05) is 20.5 Å². The Morgan fingerprint density at radius 2 is 1.88 bits per heavy atom. The Morgan fingerprint density at radius 3 is 2.47 bits per heavy atom. The van der Waals surface area contributed by atoms with E-state index in [1.54, 1.807) is 0 Å². The third-order valence-corrected chi connectivity index (χ3v) is 2.78. The molecule has 17 heavy (non-hydrogen) atoms. The second kappa shape index (κ2) is 3.76. The van der Waals surface area contributed by atoms with Crippen LogP contribution in [0, 0.1) is 0 Å². The first-order valence-electron chi connectivity index (χ1n) is 5.35. The fourth-order valence-electron chi connectivity index (χ4n) is 1.81. The van der Waals surface area contributed by atoms with E-state index >= 15 is 0 Å². The number of hydrogen-bond acceptors (Lipinski definition) is 4. The number of hydrogen-bond donors (Lipinski definition) is 1. The van der Waals surface area contributed by atoms with Crippen LogP contribution < -0.4 is 11.2 Å². The highest BCUT2D eigenvalue weighted by Crippen LogP contribution is 2.09. The molecular formula is C10H14N4O3. The number of nitrogens with zero attached hydrogens (tertiary/aromatic N) is 4. The van der Waals surface area contributed by atoms with E-state index in [4.69, 9.17) is 0 Å². The van der Waals surface area contributed by atoms with Crippen LogP contribution in [0.5, 0.6) is 0 Å². The van der Waals surface area contributed by atoms with Gasteiger partial charge in [0.05, 0.1) is 0 Å². The standard InChI is InChI=1S/C10H14N4O3/c1-4-5-6-11-8-7(14(6)17)9(15)13(3)10(16)12(8)2/h17H,4-5H2,1-3H3. The van der Waals surface area contributed by atoms with Crippen molar-refractivity contribution >= 4 is 11.2 Å². The van der Waals surface area contributed by atoms with Gasteiger partial charge in [0.1, 0.15) is 5.82 Å². The summed E-state index contributed by atoms with van der Waals surface area (Å²) in [6, 6.07) is 0. The summed E-state index contributed by atoms with van der Waals surface area (Å²) in [6.45, 7) is 1.94. The number of rotatable bonds is 2. The van der Waals surface area contributed by atoms with Crippen molar-refractivity contribution < 1.29 is 5.21 Å². The van der Waals surface area contributed by atoms with Gasteiger partial charge in [-0.3, -0.25) is 13.9 Å². The molecule has 0 saturated carbocycles. The van der Waals surface area contributed by atoms with Crippen molar-refractivity contribution in [2.24, 2.45) is 14.1 Å². The minimum atomic E-state index is -0.541. The van der Waals surface area contributed by atoms with Gasteiger partial charge in [0.2, 0.25) is 0 Å². The van der Waals surface area contributed by atoms with Crippen molar-refractivity contribution in [1.82, 2.24) is 18.8 Å². The Labute approximate surface area is 96.5 Å². The number of imidazole rings is 1. The molecule has 0 aliphatic rings. The molecule has 92 valence electrons. The monoisotopic (exact) mass is 238 g/mol. The Balaban J connectivity index is 2.97. The first-order valence-corrected chi connectivity index (χ1v) is 5.35. The summed E-state index contributed by atoms with van der Waals surface area (Å²) in [5, 5.41) is 9.87. The molecule has 0 aromatic carbocycles. The fraction of sp³-hybridized carbons (Fsp3) is 0.500. The van der Waals surface area contributed by atoms with E-state index in [-0.39, 0.29) is 11.2 Å². The van der Waals surface area contributed by atoms with E-state index in [0.717, 1.165) is 15.7 Å². The van der Waals surface area contributed by atoms with Gasteiger partial charge in [-0.25, -0.2) is 9.78 Å². The zero-order valence-corrected chi connectivity index (χ0v) is 9.97. The summed E-state index contributed by atoms with van der Waals surface area (Å²) in [5.41, 5.74) is -0.744. The maximum absolute atomic E-state index is 11.9. The summed E-state index contributed by atoms with van der Waals surface area (Å²) < 4.78 is 2.98. The molecule has 0 aliphatic carbocycles. The predicted octanol–water partition coefficient (Wildman–Crippen LogP) is -0.377. The number of aryl methyl sites for hydroxylation is 2. The minimum Gasteiger partial charge on any atom is -0.426 e. The molecule has 0 saturated heterocycles. The maximum Gasteiger partial charge on any atom is 0.332 e. The summed E-state index contributed by atoms with van der Waals surface area (Å²) in [5.74, 6) is 0.390. The van der Waals surface area contributed by atoms with Gasteiger partial charge in [-0.05, 0) is 6.42 Å². The summed E-state index contributed by atoms with van der Waals surface area (Å²) in [4.78, 5) is 27.7. The normalized spacial score (nSPS) is 11.2. The molecule has 1 N–H and O–H groups in total. The van der Waals surface area contributed by atoms with Crippen LogP contribution in [0.2, 0.25) is 0 Å². The first-order chi connectivity index (χ1) is 7.99. The Hall–Kier alpha value is -2.05. The zero-order valence-electron chi connectivity index (χ0n) is 9.97. The van der Waals surface area contributed by atoms with Gasteiger partial charge >= 0.3 is 5.69 Å². The molecule has 0 fully saturated rings. The highest BCUT2D eigenvalue weighted by atomic mass is 16.5. The van der Waals surface area contributed by atoms with Crippen LogP contribution in [0.3, 0.4) is 0 Å². The molecule has 2 aromatic rings. The molecular weight excluding hydrogens is 224 g/mol. The van der Waals surface area contributed by atoms with E-state index in [9.17, 15) is 14.8 Å². The van der Waals surface area contributed by atoms with Gasteiger partial charge in [-0.15, -0.1) is 0 Å². The molecule has 0 aliphatic heterocycles. The summed E-state index contributed by atoms with van der Waals surface area (Å²) >= 11 is 0. The summed E-state index contributed by atoms with van der Waals surface area (Å²) in [6.07, 6.45) is 1.33. The van der Waals surface area contributed by atoms with Crippen LogP contribution in [0.1, 0.15) is 19.2 Å². The predicted molar refractivity (Wildman–Crippen MR) is 61.4 cm³/mol. The first kappa shape index (κ1) is 11.4. The lowest BCUT2D eigenvalue weighted by molar-refractivity contribution is 0.186. The van der Waals surface area contributed by atoms with Crippen molar-refractivity contribution in [2.45, 2.75) is 19.8 Å². The van der Waals surface area contributed by atoms with Gasteiger partial charge in [0.15, 0.2) is 11.2 Å². The smallest absolute Gasteiger partial charge is 0.332 e. The molecule has 2 heterocycles. The lowest BCUT2D eigenvalue weighted by Crippen LogP contribution is -2.37. The molecule has 2 rings (SSSR count). The second-order valence-electron chi connectivity index (χ2n) is 3.97. The van der Waals surface area contributed by atoms with E-state index in [0.29, 0.717) is 12.2 Å². The maximum atomic E-state index is 11.9. The van der Waals surface area contributed by atoms with Crippen molar-refractivity contribution in [3.8, 4) is 0 Å². The van der Waals surface area contributed by atoms with Crippen molar-refractivity contribution in [2.75, 3.05) is 0 Å². The molecule has 0 amide bonds. The second-order valence-corrected chi connectivity index (χ2v) is 3.97. The van der Waals surface area contributed by atoms with Crippen molar-refractivity contribution in [3.05, 3.63) is 26.7 Å². The molecule has 0 unspecified atom stereocenters. The molecule has 0 spiro atoms. The third kappa shape index (κ3) is 1.46. The van der Waals surface area contributed by atoms with E-state index in [2.05, 4.69) is 4.98 Å². The Kier molecular flexibility index (Phi) is 2.53. The molecule has 7 nitrogen and oxygen atoms in total. The van der Waals surface area contributed by atoms with Gasteiger partial charge < -0.3 is 5.21 Å². The highest BCUT2D eigenvalue weighted by molar-refractivity contribution is 5.70. The summed E-state index contributed by atoms with van der Waals surface area (Å²) in [7, 11) is 2.89. The Bertz CT molecular complexity index is 692. The van der Waals surface area contributed by atoms with Gasteiger partial charge in [0.25, 0.3) is 5.56 Å². The van der Waals surface area contributed by atoms with Crippen LogP contribution >= 0.6 is 0 Å². The van der Waals surface area contributed by atoms with Crippen LogP contribution in [0.15, 0.2) is 9.59 Å². The topological polar surface area (TPSA) is 82.0 Å². The van der Waals surface area contributed by atoms with Crippen LogP contribution in [0.4, 0.5) is 0 Å². The van der Waals surface area contributed by atoms with Crippen LogP contribution in [-0.4, -0.2) is 24.1 Å². The molecule has 0 radical (unpaired) electrons. The zero-order chi connectivity index (χ0) is 12.7. The number of aromatic nitrogens is 4. The van der Waals surface area contributed by atoms with Gasteiger partial charge in [-0.2, -0.15) is 4.73 Å². The molecule has 0 bridgehead atoms. The average molecular weight is 238 g/mol. The number of fused-ring (bicyclic) bond motifs is 1. The third-order valence-electron chi connectivity index (χ3n) is 2.78. The van der Waals surface area contributed by atoms with Crippen LogP contribution in [-0.2, 0) is 20.5 Å². The average Bonchev–Trinajstić information content (AvgIpc) is 2.62. The van der Waals surface area contributed by atoms with E-state index < -0.39 is 11.2 Å². The van der Waals surface area contributed by atoms with Crippen molar-refractivity contribution in [3.63, 3.8) is 0 Å². The van der Waals surface area contributed by atoms with E-state index in [1.165, 1.54) is 18.7 Å². The van der Waals surface area contributed by atoms with Crippen LogP contribution in [0.25, 0.3) is 11.2 Å². The molecule has 2 aromatic heterocycles. The lowest BCUT2D eigenvalue weighted by Gasteiger charge is -2.02. The largest absolute Gasteiger partial charge is 0.426 e. The highest BCUT2D eigenvalue weighted by Gasteiger charge is 2.17. The fourth-order valence-corrected chi connectivity index (χ4v) is 1.81. The quantitative estimate of drug-likeness (QED) is 0.723. The van der Waals surface area contributed by atoms with E-state index in [1.807, 2.05) is 6.92 Å². The minimum absolute atomic E-state index is 0.0399. The van der Waals surface area contributed by atoms with Crippen molar-refractivity contribution in [1.29, 1.82) is 0 Å². The molecule has 7 heteroatoms. The SMILES string of the molecule is CCCc1nc2c(c(=O)n(C)c(=O)n2C)n1O. The lowest BCUT2D eigenvalue weighted by atomic mass is 10.3. The Morgan fingerprint density at radius 1 is 1.24 bits per heavy atom. The molecule has 0 atom stereocenters.